The molecule has 0 saturated carbocycles. The van der Waals surface area contributed by atoms with Crippen LogP contribution in [0.1, 0.15) is 45.9 Å². The summed E-state index contributed by atoms with van der Waals surface area (Å²) in [5.41, 5.74) is 5.75. The van der Waals surface area contributed by atoms with Crippen molar-refractivity contribution in [2.75, 3.05) is 18.4 Å². The molecule has 1 aliphatic rings. The lowest BCUT2D eigenvalue weighted by Crippen LogP contribution is -2.29. The third kappa shape index (κ3) is 4.52. The molecular formula is C23H27ClN4O. The highest BCUT2D eigenvalue weighted by atomic mass is 35.5. The van der Waals surface area contributed by atoms with Gasteiger partial charge in [-0.3, -0.25) is 4.79 Å². The number of aromatic nitrogens is 2. The minimum atomic E-state index is -0.0948. The van der Waals surface area contributed by atoms with Crippen molar-refractivity contribution in [2.24, 2.45) is 0 Å². The molecule has 29 heavy (non-hydrogen) atoms. The van der Waals surface area contributed by atoms with E-state index in [1.165, 1.54) is 5.56 Å². The summed E-state index contributed by atoms with van der Waals surface area (Å²) in [6, 6.07) is 16.1. The van der Waals surface area contributed by atoms with E-state index in [0.717, 1.165) is 48.6 Å². The first-order valence-corrected chi connectivity index (χ1v) is 9.86. The lowest BCUT2D eigenvalue weighted by molar-refractivity contribution is 0.102. The third-order valence-corrected chi connectivity index (χ3v) is 5.41. The van der Waals surface area contributed by atoms with E-state index in [-0.39, 0.29) is 18.3 Å². The number of nitrogens with one attached hydrogen (secondary N) is 2. The molecule has 2 heterocycles. The highest BCUT2D eigenvalue weighted by molar-refractivity contribution is 6.05. The number of aryl methyl sites for hydroxylation is 2. The minimum absolute atomic E-state index is 0. The van der Waals surface area contributed by atoms with E-state index in [0.29, 0.717) is 11.5 Å². The number of amides is 1. The van der Waals surface area contributed by atoms with Crippen molar-refractivity contribution in [1.29, 1.82) is 0 Å². The maximum atomic E-state index is 13.2. The van der Waals surface area contributed by atoms with Crippen LogP contribution in [0, 0.1) is 13.8 Å². The second-order valence-corrected chi connectivity index (χ2v) is 7.49. The van der Waals surface area contributed by atoms with E-state index in [4.69, 9.17) is 0 Å². The summed E-state index contributed by atoms with van der Waals surface area (Å²) in [5, 5.41) is 11.1. The molecule has 0 bridgehead atoms. The number of rotatable bonds is 4. The van der Waals surface area contributed by atoms with Crippen LogP contribution in [0.3, 0.4) is 0 Å². The monoisotopic (exact) mass is 410 g/mol. The zero-order valence-electron chi connectivity index (χ0n) is 16.8. The molecule has 6 heteroatoms. The van der Waals surface area contributed by atoms with Gasteiger partial charge in [-0.25, -0.2) is 4.68 Å². The number of hydrogen-bond acceptors (Lipinski definition) is 3. The average Bonchev–Trinajstić information content (AvgIpc) is 3.17. The molecule has 1 fully saturated rings. The number of carbonyl (C=O) groups is 1. The molecule has 0 atom stereocenters. The van der Waals surface area contributed by atoms with Crippen molar-refractivity contribution < 1.29 is 4.79 Å². The summed E-state index contributed by atoms with van der Waals surface area (Å²) in [6.45, 7) is 5.99. The average molecular weight is 411 g/mol. The first-order chi connectivity index (χ1) is 13.6. The van der Waals surface area contributed by atoms with E-state index >= 15 is 0 Å². The zero-order valence-corrected chi connectivity index (χ0v) is 17.6. The fourth-order valence-corrected chi connectivity index (χ4v) is 3.94. The van der Waals surface area contributed by atoms with E-state index in [1.54, 1.807) is 6.20 Å². The standard InChI is InChI=1S/C23H26N4O.ClH/c1-16-8-9-21(17(2)14-16)26-23(28)20-15-25-27(19-6-4-3-5-7-19)22(20)18-10-12-24-13-11-18;/h3-9,14-15,18,24H,10-13H2,1-2H3,(H,26,28);1H. The number of anilines is 1. The Kier molecular flexibility index (Phi) is 6.72. The number of para-hydroxylation sites is 1. The molecule has 4 rings (SSSR count). The van der Waals surface area contributed by atoms with Crippen LogP contribution in [0.25, 0.3) is 5.69 Å². The topological polar surface area (TPSA) is 59.0 Å². The molecule has 2 aromatic carbocycles. The van der Waals surface area contributed by atoms with E-state index < -0.39 is 0 Å². The Balaban J connectivity index is 0.00000240. The Morgan fingerprint density at radius 3 is 2.52 bits per heavy atom. The van der Waals surface area contributed by atoms with Gasteiger partial charge in [0.25, 0.3) is 5.91 Å². The molecule has 2 N–H and O–H groups in total. The largest absolute Gasteiger partial charge is 0.322 e. The fourth-order valence-electron chi connectivity index (χ4n) is 3.94. The van der Waals surface area contributed by atoms with E-state index in [1.807, 2.05) is 54.1 Å². The molecule has 152 valence electrons. The van der Waals surface area contributed by atoms with Crippen molar-refractivity contribution in [3.8, 4) is 5.69 Å². The van der Waals surface area contributed by atoms with Gasteiger partial charge in [-0.1, -0.05) is 35.9 Å². The van der Waals surface area contributed by atoms with Crippen LogP contribution in [-0.2, 0) is 0 Å². The van der Waals surface area contributed by atoms with Crippen LogP contribution < -0.4 is 10.6 Å². The summed E-state index contributed by atoms with van der Waals surface area (Å²) >= 11 is 0. The van der Waals surface area contributed by atoms with Gasteiger partial charge in [0, 0.05) is 11.6 Å². The molecule has 3 aromatic rings. The van der Waals surface area contributed by atoms with Gasteiger partial charge >= 0.3 is 0 Å². The molecule has 1 saturated heterocycles. The van der Waals surface area contributed by atoms with Gasteiger partial charge in [-0.05, 0) is 63.5 Å². The maximum Gasteiger partial charge on any atom is 0.259 e. The van der Waals surface area contributed by atoms with Crippen molar-refractivity contribution in [3.05, 3.63) is 77.1 Å². The Labute approximate surface area is 177 Å². The predicted molar refractivity (Wildman–Crippen MR) is 120 cm³/mol. The van der Waals surface area contributed by atoms with Gasteiger partial charge in [0.1, 0.15) is 0 Å². The lowest BCUT2D eigenvalue weighted by atomic mass is 9.91. The van der Waals surface area contributed by atoms with Crippen LogP contribution in [-0.4, -0.2) is 28.8 Å². The molecule has 0 spiro atoms. The van der Waals surface area contributed by atoms with Gasteiger partial charge in [0.2, 0.25) is 0 Å². The second kappa shape index (κ2) is 9.25. The number of halogens is 1. The Morgan fingerprint density at radius 2 is 1.83 bits per heavy atom. The smallest absolute Gasteiger partial charge is 0.259 e. The fraction of sp³-hybridized carbons (Fsp3) is 0.304. The van der Waals surface area contributed by atoms with Crippen molar-refractivity contribution in [1.82, 2.24) is 15.1 Å². The lowest BCUT2D eigenvalue weighted by Gasteiger charge is -2.24. The first-order valence-electron chi connectivity index (χ1n) is 9.86. The summed E-state index contributed by atoms with van der Waals surface area (Å²) in [7, 11) is 0. The molecule has 1 aliphatic heterocycles. The normalized spacial score (nSPS) is 14.3. The van der Waals surface area contributed by atoms with Gasteiger partial charge in [0.05, 0.1) is 23.1 Å². The molecular weight excluding hydrogens is 384 g/mol. The maximum absolute atomic E-state index is 13.2. The van der Waals surface area contributed by atoms with Gasteiger partial charge < -0.3 is 10.6 Å². The van der Waals surface area contributed by atoms with Crippen LogP contribution in [0.4, 0.5) is 5.69 Å². The Morgan fingerprint density at radius 1 is 1.10 bits per heavy atom. The van der Waals surface area contributed by atoms with Crippen molar-refractivity contribution in [3.63, 3.8) is 0 Å². The van der Waals surface area contributed by atoms with Crippen LogP contribution >= 0.6 is 12.4 Å². The number of carbonyl (C=O) groups excluding carboxylic acids is 1. The Bertz CT molecular complexity index is 978. The van der Waals surface area contributed by atoms with Gasteiger partial charge in [0.15, 0.2) is 0 Å². The number of piperidine rings is 1. The first kappa shape index (κ1) is 21.1. The van der Waals surface area contributed by atoms with Crippen molar-refractivity contribution >= 4 is 24.0 Å². The molecule has 1 aromatic heterocycles. The van der Waals surface area contributed by atoms with Crippen LogP contribution in [0.5, 0.6) is 0 Å². The Hall–Kier alpha value is -2.63. The molecule has 0 radical (unpaired) electrons. The summed E-state index contributed by atoms with van der Waals surface area (Å²) in [5.74, 6) is 0.214. The van der Waals surface area contributed by atoms with Gasteiger partial charge in [-0.2, -0.15) is 5.10 Å². The molecule has 0 unspecified atom stereocenters. The second-order valence-electron chi connectivity index (χ2n) is 7.49. The molecule has 0 aliphatic carbocycles. The van der Waals surface area contributed by atoms with E-state index in [9.17, 15) is 4.79 Å². The number of nitrogens with zero attached hydrogens (tertiary/aromatic N) is 2. The number of benzene rings is 2. The number of hydrogen-bond donors (Lipinski definition) is 2. The quantitative estimate of drug-likeness (QED) is 0.659. The highest BCUT2D eigenvalue weighted by Crippen LogP contribution is 2.31. The minimum Gasteiger partial charge on any atom is -0.322 e. The molecule has 1 amide bonds. The summed E-state index contributed by atoms with van der Waals surface area (Å²) in [4.78, 5) is 13.2. The third-order valence-electron chi connectivity index (χ3n) is 5.41. The molecule has 5 nitrogen and oxygen atoms in total. The predicted octanol–water partition coefficient (Wildman–Crippen LogP) is 4.63. The SMILES string of the molecule is Cc1ccc(NC(=O)c2cnn(-c3ccccc3)c2C2CCNCC2)c(C)c1.Cl. The van der Waals surface area contributed by atoms with Crippen LogP contribution in [0.15, 0.2) is 54.7 Å². The summed E-state index contributed by atoms with van der Waals surface area (Å²) in [6.07, 6.45) is 3.72. The van der Waals surface area contributed by atoms with E-state index in [2.05, 4.69) is 28.7 Å². The zero-order chi connectivity index (χ0) is 19.5. The highest BCUT2D eigenvalue weighted by Gasteiger charge is 2.27. The van der Waals surface area contributed by atoms with Crippen LogP contribution in [0.2, 0.25) is 0 Å². The van der Waals surface area contributed by atoms with Gasteiger partial charge in [-0.15, -0.1) is 12.4 Å². The van der Waals surface area contributed by atoms with Crippen molar-refractivity contribution in [2.45, 2.75) is 32.6 Å². The summed E-state index contributed by atoms with van der Waals surface area (Å²) < 4.78 is 1.94.